The topological polar surface area (TPSA) is 17.1 Å². The van der Waals surface area contributed by atoms with Gasteiger partial charge in [-0.15, -0.1) is 0 Å². The van der Waals surface area contributed by atoms with Crippen LogP contribution in [0.4, 0.5) is 8.78 Å². The first kappa shape index (κ1) is 14.2. The average molecular weight is 346 g/mol. The summed E-state index contributed by atoms with van der Waals surface area (Å²) in [5, 5.41) is 0.315. The Bertz CT molecular complexity index is 643. The molecule has 0 aliphatic carbocycles. The molecule has 0 heterocycles. The summed E-state index contributed by atoms with van der Waals surface area (Å²) in [5.74, 6) is -2.15. The van der Waals surface area contributed by atoms with E-state index in [1.165, 1.54) is 6.07 Å². The summed E-state index contributed by atoms with van der Waals surface area (Å²) in [4.78, 5) is 12.1. The zero-order valence-electron chi connectivity index (χ0n) is 9.59. The lowest BCUT2D eigenvalue weighted by atomic mass is 10.0. The molecule has 98 valence electrons. The predicted octanol–water partition coefficient (Wildman–Crippen LogP) is 4.81. The van der Waals surface area contributed by atoms with E-state index in [2.05, 4.69) is 15.9 Å². The molecule has 0 fully saturated rings. The highest BCUT2D eigenvalue weighted by molar-refractivity contribution is 9.10. The Kier molecular flexibility index (Phi) is 4.32. The van der Waals surface area contributed by atoms with Gasteiger partial charge in [0.05, 0.1) is 5.02 Å². The summed E-state index contributed by atoms with van der Waals surface area (Å²) in [6.07, 6.45) is -0.0344. The van der Waals surface area contributed by atoms with Gasteiger partial charge < -0.3 is 0 Å². The minimum atomic E-state index is -0.967. The van der Waals surface area contributed by atoms with Crippen molar-refractivity contribution in [1.29, 1.82) is 0 Å². The summed E-state index contributed by atoms with van der Waals surface area (Å²) >= 11 is 9.24. The van der Waals surface area contributed by atoms with Crippen molar-refractivity contribution in [1.82, 2.24) is 0 Å². The maximum absolute atomic E-state index is 13.1. The quantitative estimate of drug-likeness (QED) is 0.730. The third-order valence-electron chi connectivity index (χ3n) is 2.60. The molecule has 0 atom stereocenters. The summed E-state index contributed by atoms with van der Waals surface area (Å²) in [6, 6.07) is 8.39. The van der Waals surface area contributed by atoms with E-state index in [0.29, 0.717) is 20.6 Å². The van der Waals surface area contributed by atoms with Gasteiger partial charge in [0.2, 0.25) is 0 Å². The van der Waals surface area contributed by atoms with Crippen molar-refractivity contribution in [3.05, 3.63) is 68.7 Å². The van der Waals surface area contributed by atoms with Gasteiger partial charge in [-0.25, -0.2) is 8.78 Å². The van der Waals surface area contributed by atoms with E-state index in [1.54, 1.807) is 18.2 Å². The molecule has 0 aliphatic heterocycles. The molecule has 0 aromatic heterocycles. The van der Waals surface area contributed by atoms with E-state index in [1.807, 2.05) is 0 Å². The van der Waals surface area contributed by atoms with Gasteiger partial charge in [-0.05, 0) is 45.8 Å². The normalized spacial score (nSPS) is 10.5. The van der Waals surface area contributed by atoms with Gasteiger partial charge in [-0.1, -0.05) is 23.7 Å². The Morgan fingerprint density at radius 2 is 1.89 bits per heavy atom. The van der Waals surface area contributed by atoms with E-state index >= 15 is 0 Å². The van der Waals surface area contributed by atoms with Gasteiger partial charge in [-0.3, -0.25) is 4.79 Å². The number of hydrogen-bond donors (Lipinski definition) is 0. The first-order valence-corrected chi connectivity index (χ1v) is 6.57. The molecule has 5 heteroatoms. The third-order valence-corrected chi connectivity index (χ3v) is 3.90. The van der Waals surface area contributed by atoms with Crippen LogP contribution in [-0.2, 0) is 6.42 Å². The van der Waals surface area contributed by atoms with E-state index in [4.69, 9.17) is 11.6 Å². The minimum Gasteiger partial charge on any atom is -0.294 e. The van der Waals surface area contributed by atoms with Crippen LogP contribution < -0.4 is 0 Å². The second-order valence-electron chi connectivity index (χ2n) is 3.95. The fourth-order valence-electron chi connectivity index (χ4n) is 1.65. The van der Waals surface area contributed by atoms with Crippen molar-refractivity contribution in [3.8, 4) is 0 Å². The molecule has 0 unspecified atom stereocenters. The SMILES string of the molecule is O=C(Cc1ccc(F)c(F)c1)c1cccc(Br)c1Cl. The van der Waals surface area contributed by atoms with Gasteiger partial charge in [-0.2, -0.15) is 0 Å². The summed E-state index contributed by atoms with van der Waals surface area (Å²) in [7, 11) is 0. The van der Waals surface area contributed by atoms with E-state index in [9.17, 15) is 13.6 Å². The maximum Gasteiger partial charge on any atom is 0.168 e. The molecule has 19 heavy (non-hydrogen) atoms. The Morgan fingerprint density at radius 3 is 2.58 bits per heavy atom. The molecule has 0 amide bonds. The lowest BCUT2D eigenvalue weighted by Gasteiger charge is -2.05. The Labute approximate surface area is 122 Å². The van der Waals surface area contributed by atoms with Crippen molar-refractivity contribution in [2.45, 2.75) is 6.42 Å². The van der Waals surface area contributed by atoms with Crippen LogP contribution in [0.5, 0.6) is 0 Å². The molecule has 0 radical (unpaired) electrons. The molecule has 0 bridgehead atoms. The summed E-state index contributed by atoms with van der Waals surface area (Å²) in [6.45, 7) is 0. The van der Waals surface area contributed by atoms with Crippen molar-refractivity contribution in [2.24, 2.45) is 0 Å². The predicted molar refractivity (Wildman–Crippen MR) is 73.5 cm³/mol. The number of hydrogen-bond acceptors (Lipinski definition) is 1. The molecule has 2 aromatic carbocycles. The number of Topliss-reactive ketones (excluding diaryl/α,β-unsaturated/α-hetero) is 1. The number of carbonyl (C=O) groups excluding carboxylic acids is 1. The van der Waals surface area contributed by atoms with Crippen LogP contribution in [0.25, 0.3) is 0 Å². The standard InChI is InChI=1S/C14H8BrClF2O/c15-10-3-1-2-9(14(10)16)13(19)7-8-4-5-11(17)12(18)6-8/h1-6H,7H2. The van der Waals surface area contributed by atoms with Gasteiger partial charge in [0.25, 0.3) is 0 Å². The molecule has 2 aromatic rings. The zero-order valence-corrected chi connectivity index (χ0v) is 11.9. The number of rotatable bonds is 3. The molecule has 0 saturated heterocycles. The van der Waals surface area contributed by atoms with E-state index in [-0.39, 0.29) is 12.2 Å². The van der Waals surface area contributed by atoms with Crippen LogP contribution in [0.3, 0.4) is 0 Å². The maximum atomic E-state index is 13.1. The van der Waals surface area contributed by atoms with Gasteiger partial charge >= 0.3 is 0 Å². The van der Waals surface area contributed by atoms with Gasteiger partial charge in [0.15, 0.2) is 17.4 Å². The molecule has 0 N–H and O–H groups in total. The molecule has 1 nitrogen and oxygen atoms in total. The van der Waals surface area contributed by atoms with Crippen LogP contribution >= 0.6 is 27.5 Å². The molecule has 0 spiro atoms. The van der Waals surface area contributed by atoms with Gasteiger partial charge in [0.1, 0.15) is 0 Å². The molecule has 2 rings (SSSR count). The van der Waals surface area contributed by atoms with Crippen molar-refractivity contribution in [2.75, 3.05) is 0 Å². The van der Waals surface area contributed by atoms with Crippen LogP contribution in [0.1, 0.15) is 15.9 Å². The summed E-state index contributed by atoms with van der Waals surface area (Å²) in [5.41, 5.74) is 0.751. The first-order valence-electron chi connectivity index (χ1n) is 5.40. The second kappa shape index (κ2) is 5.80. The Balaban J connectivity index is 2.26. The smallest absolute Gasteiger partial charge is 0.168 e. The molecule has 0 saturated carbocycles. The average Bonchev–Trinajstić information content (AvgIpc) is 2.37. The fraction of sp³-hybridized carbons (Fsp3) is 0.0714. The first-order chi connectivity index (χ1) is 8.99. The summed E-state index contributed by atoms with van der Waals surface area (Å²) < 4.78 is 26.5. The highest BCUT2D eigenvalue weighted by Crippen LogP contribution is 2.27. The second-order valence-corrected chi connectivity index (χ2v) is 5.18. The van der Waals surface area contributed by atoms with Crippen LogP contribution in [0.15, 0.2) is 40.9 Å². The van der Waals surface area contributed by atoms with E-state index < -0.39 is 11.6 Å². The highest BCUT2D eigenvalue weighted by Gasteiger charge is 2.14. The fourth-order valence-corrected chi connectivity index (χ4v) is 2.25. The lowest BCUT2D eigenvalue weighted by molar-refractivity contribution is 0.0993. The van der Waals surface area contributed by atoms with Crippen molar-refractivity contribution in [3.63, 3.8) is 0 Å². The van der Waals surface area contributed by atoms with Gasteiger partial charge in [0, 0.05) is 16.5 Å². The Morgan fingerprint density at radius 1 is 1.16 bits per heavy atom. The van der Waals surface area contributed by atoms with Crippen LogP contribution in [0, 0.1) is 11.6 Å². The largest absolute Gasteiger partial charge is 0.294 e. The minimum absolute atomic E-state index is 0.0344. The van der Waals surface area contributed by atoms with Crippen molar-refractivity contribution < 1.29 is 13.6 Å². The monoisotopic (exact) mass is 344 g/mol. The number of ketones is 1. The zero-order chi connectivity index (χ0) is 14.0. The molecular weight excluding hydrogens is 338 g/mol. The number of carbonyl (C=O) groups is 1. The molecular formula is C14H8BrClF2O. The van der Waals surface area contributed by atoms with Crippen molar-refractivity contribution >= 4 is 33.3 Å². The van der Waals surface area contributed by atoms with E-state index in [0.717, 1.165) is 12.1 Å². The van der Waals surface area contributed by atoms with Crippen LogP contribution in [0.2, 0.25) is 5.02 Å². The molecule has 0 aliphatic rings. The Hall–Kier alpha value is -1.26. The lowest BCUT2D eigenvalue weighted by Crippen LogP contribution is -2.05. The number of halogens is 4. The highest BCUT2D eigenvalue weighted by atomic mass is 79.9. The van der Waals surface area contributed by atoms with Crippen LogP contribution in [-0.4, -0.2) is 5.78 Å². The third kappa shape index (κ3) is 3.19. The number of benzene rings is 2.